The summed E-state index contributed by atoms with van der Waals surface area (Å²) in [6, 6.07) is 4.56. The topological polar surface area (TPSA) is 100 Å². The second kappa shape index (κ2) is 5.65. The van der Waals surface area contributed by atoms with Gasteiger partial charge in [-0.05, 0) is 25.8 Å². The maximum absolute atomic E-state index is 11.5. The third-order valence-corrected chi connectivity index (χ3v) is 3.48. The molecule has 7 nitrogen and oxygen atoms in total. The van der Waals surface area contributed by atoms with Crippen LogP contribution in [0.1, 0.15) is 25.5 Å². The number of ketones is 1. The van der Waals surface area contributed by atoms with Crippen LogP contribution in [0.3, 0.4) is 0 Å². The zero-order valence-corrected chi connectivity index (χ0v) is 11.1. The Labute approximate surface area is 116 Å². The summed E-state index contributed by atoms with van der Waals surface area (Å²) in [6.45, 7) is 2.85. The molecule has 0 N–H and O–H groups in total. The molecule has 1 unspecified atom stereocenters. The van der Waals surface area contributed by atoms with Crippen LogP contribution in [-0.4, -0.2) is 28.8 Å². The molecule has 0 aromatic carbocycles. The summed E-state index contributed by atoms with van der Waals surface area (Å²) in [4.78, 5) is 27.5. The molecular weight excluding hydrogens is 260 g/mol. The molecule has 0 aliphatic carbocycles. The minimum Gasteiger partial charge on any atom is -0.356 e. The van der Waals surface area contributed by atoms with Crippen molar-refractivity contribution in [3.63, 3.8) is 0 Å². The van der Waals surface area contributed by atoms with E-state index in [0.29, 0.717) is 12.4 Å². The first kappa shape index (κ1) is 13.9. The number of Topliss-reactive ketones (excluding diaryl/α,β-unsaturated/α-hetero) is 1. The van der Waals surface area contributed by atoms with Crippen molar-refractivity contribution in [1.29, 1.82) is 5.26 Å². The molecule has 1 saturated heterocycles. The van der Waals surface area contributed by atoms with E-state index in [1.807, 2.05) is 4.90 Å². The summed E-state index contributed by atoms with van der Waals surface area (Å²) in [5.41, 5.74) is -0.492. The summed E-state index contributed by atoms with van der Waals surface area (Å²) in [7, 11) is 0. The number of piperidine rings is 1. The predicted octanol–water partition coefficient (Wildman–Crippen LogP) is 1.67. The Morgan fingerprint density at radius 2 is 2.35 bits per heavy atom. The van der Waals surface area contributed by atoms with Crippen LogP contribution in [-0.2, 0) is 4.79 Å². The predicted molar refractivity (Wildman–Crippen MR) is 71.2 cm³/mol. The Kier molecular flexibility index (Phi) is 3.94. The quantitative estimate of drug-likeness (QED) is 0.614. The lowest BCUT2D eigenvalue weighted by atomic mass is 9.94. The Hall–Kier alpha value is -2.49. The zero-order valence-electron chi connectivity index (χ0n) is 11.1. The van der Waals surface area contributed by atoms with Crippen LogP contribution in [0.5, 0.6) is 0 Å². The number of aromatic nitrogens is 1. The number of carbonyl (C=O) groups is 1. The van der Waals surface area contributed by atoms with Crippen molar-refractivity contribution in [3.05, 3.63) is 27.9 Å². The first-order valence-electron chi connectivity index (χ1n) is 6.34. The van der Waals surface area contributed by atoms with E-state index in [0.717, 1.165) is 19.4 Å². The molecule has 0 saturated carbocycles. The van der Waals surface area contributed by atoms with Gasteiger partial charge in [0.2, 0.25) is 5.69 Å². The smallest absolute Gasteiger partial charge is 0.305 e. The number of carbonyl (C=O) groups excluding carboxylic acids is 1. The third-order valence-electron chi connectivity index (χ3n) is 3.48. The molecule has 2 rings (SSSR count). The second-order valence-electron chi connectivity index (χ2n) is 4.80. The minimum atomic E-state index is -0.621. The van der Waals surface area contributed by atoms with Crippen LogP contribution in [0.25, 0.3) is 0 Å². The van der Waals surface area contributed by atoms with Crippen LogP contribution < -0.4 is 4.90 Å². The zero-order chi connectivity index (χ0) is 14.7. The number of nitro groups is 1. The highest BCUT2D eigenvalue weighted by molar-refractivity contribution is 5.79. The number of anilines is 1. The van der Waals surface area contributed by atoms with E-state index in [1.165, 1.54) is 12.1 Å². The van der Waals surface area contributed by atoms with Gasteiger partial charge in [-0.2, -0.15) is 5.26 Å². The van der Waals surface area contributed by atoms with E-state index >= 15 is 0 Å². The largest absolute Gasteiger partial charge is 0.356 e. The maximum atomic E-state index is 11.5. The van der Waals surface area contributed by atoms with E-state index in [9.17, 15) is 14.9 Å². The molecular formula is C13H14N4O3. The van der Waals surface area contributed by atoms with E-state index < -0.39 is 4.92 Å². The van der Waals surface area contributed by atoms with Crippen molar-refractivity contribution in [2.45, 2.75) is 19.8 Å². The number of nitriles is 1. The van der Waals surface area contributed by atoms with Crippen molar-refractivity contribution in [2.24, 2.45) is 5.92 Å². The van der Waals surface area contributed by atoms with Crippen molar-refractivity contribution in [3.8, 4) is 6.07 Å². The fourth-order valence-electron chi connectivity index (χ4n) is 2.36. The van der Waals surface area contributed by atoms with Gasteiger partial charge in [0.05, 0.1) is 4.92 Å². The fraction of sp³-hybridized carbons (Fsp3) is 0.462. The molecule has 0 spiro atoms. The standard InChI is InChI=1S/C13H14N4O3/c1-9(18)10-3-2-6-16(8-10)13-5-4-12(17(19)20)11(7-14)15-13/h4-5,10H,2-3,6,8H2,1H3. The highest BCUT2D eigenvalue weighted by atomic mass is 16.6. The SMILES string of the molecule is CC(=O)C1CCCN(c2ccc([N+](=O)[O-])c(C#N)n2)C1. The van der Waals surface area contributed by atoms with Gasteiger partial charge in [0, 0.05) is 25.1 Å². The highest BCUT2D eigenvalue weighted by Gasteiger charge is 2.25. The molecule has 0 amide bonds. The summed E-state index contributed by atoms with van der Waals surface area (Å²) in [6.07, 6.45) is 1.72. The number of nitrogens with zero attached hydrogens (tertiary/aromatic N) is 4. The Morgan fingerprint density at radius 3 is 2.95 bits per heavy atom. The van der Waals surface area contributed by atoms with Crippen molar-refractivity contribution < 1.29 is 9.72 Å². The number of rotatable bonds is 3. The van der Waals surface area contributed by atoms with Gasteiger partial charge in [0.1, 0.15) is 17.7 Å². The lowest BCUT2D eigenvalue weighted by Crippen LogP contribution is -2.38. The molecule has 1 fully saturated rings. The molecule has 0 bridgehead atoms. The lowest BCUT2D eigenvalue weighted by molar-refractivity contribution is -0.385. The average Bonchev–Trinajstić information content (AvgIpc) is 2.46. The van der Waals surface area contributed by atoms with Crippen LogP contribution in [0.2, 0.25) is 0 Å². The molecule has 7 heteroatoms. The summed E-state index contributed by atoms with van der Waals surface area (Å²) in [5, 5.41) is 19.7. The molecule has 0 radical (unpaired) electrons. The Balaban J connectivity index is 2.27. The van der Waals surface area contributed by atoms with Gasteiger partial charge in [-0.15, -0.1) is 0 Å². The summed E-state index contributed by atoms with van der Waals surface area (Å²) >= 11 is 0. The van der Waals surface area contributed by atoms with Crippen LogP contribution in [0.4, 0.5) is 11.5 Å². The van der Waals surface area contributed by atoms with Crippen molar-refractivity contribution in [1.82, 2.24) is 4.98 Å². The fourth-order valence-corrected chi connectivity index (χ4v) is 2.36. The summed E-state index contributed by atoms with van der Waals surface area (Å²) < 4.78 is 0. The van der Waals surface area contributed by atoms with Gasteiger partial charge < -0.3 is 4.90 Å². The molecule has 1 aliphatic rings. The number of pyridine rings is 1. The van der Waals surface area contributed by atoms with Gasteiger partial charge in [-0.3, -0.25) is 14.9 Å². The molecule has 20 heavy (non-hydrogen) atoms. The van der Waals surface area contributed by atoms with Crippen molar-refractivity contribution >= 4 is 17.3 Å². The molecule has 1 aliphatic heterocycles. The lowest BCUT2D eigenvalue weighted by Gasteiger charge is -2.32. The van der Waals surface area contributed by atoms with E-state index in [2.05, 4.69) is 4.98 Å². The van der Waals surface area contributed by atoms with E-state index in [1.54, 1.807) is 13.0 Å². The van der Waals surface area contributed by atoms with Gasteiger partial charge in [-0.1, -0.05) is 0 Å². The maximum Gasteiger partial charge on any atom is 0.305 e. The number of hydrogen-bond donors (Lipinski definition) is 0. The van der Waals surface area contributed by atoms with E-state index in [-0.39, 0.29) is 23.1 Å². The third kappa shape index (κ3) is 2.74. The molecule has 1 aromatic heterocycles. The monoisotopic (exact) mass is 274 g/mol. The average molecular weight is 274 g/mol. The van der Waals surface area contributed by atoms with Gasteiger partial charge in [0.25, 0.3) is 0 Å². The van der Waals surface area contributed by atoms with Gasteiger partial charge >= 0.3 is 5.69 Å². The minimum absolute atomic E-state index is 0.0359. The molecule has 1 aromatic rings. The second-order valence-corrected chi connectivity index (χ2v) is 4.80. The van der Waals surface area contributed by atoms with Crippen LogP contribution in [0, 0.1) is 27.4 Å². The summed E-state index contributed by atoms with van der Waals surface area (Å²) in [5.74, 6) is 0.612. The normalized spacial score (nSPS) is 18.4. The molecule has 2 heterocycles. The Bertz CT molecular complexity index is 594. The highest BCUT2D eigenvalue weighted by Crippen LogP contribution is 2.25. The van der Waals surface area contributed by atoms with Crippen LogP contribution >= 0.6 is 0 Å². The number of hydrogen-bond acceptors (Lipinski definition) is 6. The first-order valence-corrected chi connectivity index (χ1v) is 6.34. The van der Waals surface area contributed by atoms with E-state index in [4.69, 9.17) is 5.26 Å². The molecule has 1 atom stereocenters. The van der Waals surface area contributed by atoms with Crippen molar-refractivity contribution in [2.75, 3.05) is 18.0 Å². The molecule has 104 valence electrons. The van der Waals surface area contributed by atoms with Gasteiger partial charge in [-0.25, -0.2) is 4.98 Å². The first-order chi connectivity index (χ1) is 9.52. The van der Waals surface area contributed by atoms with Crippen LogP contribution in [0.15, 0.2) is 12.1 Å². The van der Waals surface area contributed by atoms with Gasteiger partial charge in [0.15, 0.2) is 0 Å². The Morgan fingerprint density at radius 1 is 1.60 bits per heavy atom.